The summed E-state index contributed by atoms with van der Waals surface area (Å²) in [5.41, 5.74) is 1.39. The van der Waals surface area contributed by atoms with Gasteiger partial charge in [-0.15, -0.1) is 11.3 Å². The van der Waals surface area contributed by atoms with Crippen LogP contribution < -0.4 is 5.32 Å². The SMILES string of the molecule is CCCNCc1sc(C2CCCOC2)nc1C(C)(C)C. The third-order valence-corrected chi connectivity index (χ3v) is 4.86. The Kier molecular flexibility index (Phi) is 5.58. The van der Waals surface area contributed by atoms with E-state index in [0.29, 0.717) is 5.92 Å². The third kappa shape index (κ3) is 4.03. The molecule has 1 N–H and O–H groups in total. The summed E-state index contributed by atoms with van der Waals surface area (Å²) in [5.74, 6) is 0.509. The molecule has 0 aliphatic carbocycles. The Bertz CT molecular complexity index is 417. The molecule has 1 aliphatic rings. The van der Waals surface area contributed by atoms with E-state index in [-0.39, 0.29) is 5.41 Å². The van der Waals surface area contributed by atoms with Crippen LogP contribution in [0, 0.1) is 0 Å². The van der Waals surface area contributed by atoms with Gasteiger partial charge in [-0.1, -0.05) is 27.7 Å². The van der Waals surface area contributed by atoms with Gasteiger partial charge in [-0.3, -0.25) is 0 Å². The Morgan fingerprint density at radius 3 is 2.80 bits per heavy atom. The largest absolute Gasteiger partial charge is 0.381 e. The van der Waals surface area contributed by atoms with Gasteiger partial charge in [0.2, 0.25) is 0 Å². The van der Waals surface area contributed by atoms with E-state index in [1.807, 2.05) is 11.3 Å². The van der Waals surface area contributed by atoms with Crippen molar-refractivity contribution >= 4 is 11.3 Å². The molecule has 1 aromatic heterocycles. The lowest BCUT2D eigenvalue weighted by molar-refractivity contribution is 0.0803. The van der Waals surface area contributed by atoms with Crippen molar-refractivity contribution in [2.24, 2.45) is 0 Å². The van der Waals surface area contributed by atoms with Crippen LogP contribution in [0.4, 0.5) is 0 Å². The minimum atomic E-state index is 0.119. The molecule has 1 aromatic rings. The average molecular weight is 296 g/mol. The fraction of sp³-hybridized carbons (Fsp3) is 0.812. The molecule has 1 unspecified atom stereocenters. The lowest BCUT2D eigenvalue weighted by Gasteiger charge is -2.20. The molecule has 0 saturated carbocycles. The summed E-state index contributed by atoms with van der Waals surface area (Å²) in [4.78, 5) is 6.39. The Balaban J connectivity index is 2.17. The number of ether oxygens (including phenoxy) is 1. The zero-order chi connectivity index (χ0) is 14.6. The average Bonchev–Trinajstić information content (AvgIpc) is 2.84. The van der Waals surface area contributed by atoms with Gasteiger partial charge in [0.15, 0.2) is 0 Å². The second-order valence-electron chi connectivity index (χ2n) is 6.66. The quantitative estimate of drug-likeness (QED) is 0.838. The van der Waals surface area contributed by atoms with E-state index in [2.05, 4.69) is 33.0 Å². The molecule has 1 saturated heterocycles. The van der Waals surface area contributed by atoms with Gasteiger partial charge in [0.1, 0.15) is 0 Å². The Hall–Kier alpha value is -0.450. The van der Waals surface area contributed by atoms with Gasteiger partial charge in [0, 0.05) is 29.4 Å². The predicted molar refractivity (Wildman–Crippen MR) is 85.6 cm³/mol. The molecule has 1 aliphatic heterocycles. The zero-order valence-electron chi connectivity index (χ0n) is 13.3. The van der Waals surface area contributed by atoms with Crippen molar-refractivity contribution in [3.63, 3.8) is 0 Å². The summed E-state index contributed by atoms with van der Waals surface area (Å²) in [6.45, 7) is 12.8. The van der Waals surface area contributed by atoms with E-state index in [4.69, 9.17) is 9.72 Å². The summed E-state index contributed by atoms with van der Waals surface area (Å²) < 4.78 is 5.62. The first-order valence-electron chi connectivity index (χ1n) is 7.81. The smallest absolute Gasteiger partial charge is 0.0985 e. The maximum atomic E-state index is 5.62. The van der Waals surface area contributed by atoms with Crippen molar-refractivity contribution in [1.82, 2.24) is 10.3 Å². The van der Waals surface area contributed by atoms with Gasteiger partial charge in [0.25, 0.3) is 0 Å². The third-order valence-electron chi connectivity index (χ3n) is 3.65. The lowest BCUT2D eigenvalue weighted by atomic mass is 9.91. The zero-order valence-corrected chi connectivity index (χ0v) is 14.1. The molecule has 2 rings (SSSR count). The van der Waals surface area contributed by atoms with Crippen LogP contribution in [0.1, 0.15) is 68.5 Å². The number of thiazole rings is 1. The molecule has 114 valence electrons. The molecule has 0 aromatic carbocycles. The van der Waals surface area contributed by atoms with Crippen molar-refractivity contribution in [1.29, 1.82) is 0 Å². The van der Waals surface area contributed by atoms with Crippen molar-refractivity contribution in [3.8, 4) is 0 Å². The van der Waals surface area contributed by atoms with Gasteiger partial charge < -0.3 is 10.1 Å². The number of hydrogen-bond acceptors (Lipinski definition) is 4. The van der Waals surface area contributed by atoms with Crippen LogP contribution in [0.5, 0.6) is 0 Å². The molecule has 4 heteroatoms. The molecule has 20 heavy (non-hydrogen) atoms. The standard InChI is InChI=1S/C16H28N2OS/c1-5-8-17-10-13-14(16(2,3)4)18-15(20-13)12-7-6-9-19-11-12/h12,17H,5-11H2,1-4H3. The van der Waals surface area contributed by atoms with Gasteiger partial charge in [-0.2, -0.15) is 0 Å². The second kappa shape index (κ2) is 7.01. The van der Waals surface area contributed by atoms with Crippen molar-refractivity contribution in [2.45, 2.75) is 64.8 Å². The van der Waals surface area contributed by atoms with E-state index in [1.54, 1.807) is 0 Å². The summed E-state index contributed by atoms with van der Waals surface area (Å²) in [6, 6.07) is 0. The van der Waals surface area contributed by atoms with Crippen LogP contribution in [0.2, 0.25) is 0 Å². The number of aromatic nitrogens is 1. The van der Waals surface area contributed by atoms with Gasteiger partial charge in [-0.05, 0) is 25.8 Å². The van der Waals surface area contributed by atoms with Gasteiger partial charge in [0.05, 0.1) is 17.3 Å². The maximum absolute atomic E-state index is 5.62. The van der Waals surface area contributed by atoms with E-state index >= 15 is 0 Å². The minimum absolute atomic E-state index is 0.119. The monoisotopic (exact) mass is 296 g/mol. The Morgan fingerprint density at radius 1 is 1.40 bits per heavy atom. The highest BCUT2D eigenvalue weighted by Gasteiger charge is 2.26. The predicted octanol–water partition coefficient (Wildman–Crippen LogP) is 3.83. The lowest BCUT2D eigenvalue weighted by Crippen LogP contribution is -2.19. The number of nitrogens with one attached hydrogen (secondary N) is 1. The Labute approximate surface area is 127 Å². The minimum Gasteiger partial charge on any atom is -0.381 e. The maximum Gasteiger partial charge on any atom is 0.0985 e. The summed E-state index contributed by atoms with van der Waals surface area (Å²) in [5, 5.41) is 4.80. The molecule has 0 spiro atoms. The van der Waals surface area contributed by atoms with Crippen LogP contribution in [-0.2, 0) is 16.7 Å². The highest BCUT2D eigenvalue weighted by atomic mass is 32.1. The van der Waals surface area contributed by atoms with Gasteiger partial charge in [-0.25, -0.2) is 4.98 Å². The van der Waals surface area contributed by atoms with E-state index < -0.39 is 0 Å². The van der Waals surface area contributed by atoms with Crippen molar-refractivity contribution < 1.29 is 4.74 Å². The number of nitrogens with zero attached hydrogens (tertiary/aromatic N) is 1. The van der Waals surface area contributed by atoms with E-state index in [9.17, 15) is 0 Å². The topological polar surface area (TPSA) is 34.1 Å². The van der Waals surface area contributed by atoms with Gasteiger partial charge >= 0.3 is 0 Å². The molecule has 0 radical (unpaired) electrons. The summed E-state index contributed by atoms with van der Waals surface area (Å²) in [6.07, 6.45) is 3.56. The van der Waals surface area contributed by atoms with E-state index in [1.165, 1.54) is 34.8 Å². The highest BCUT2D eigenvalue weighted by molar-refractivity contribution is 7.11. The van der Waals surface area contributed by atoms with Crippen LogP contribution in [0.15, 0.2) is 0 Å². The van der Waals surface area contributed by atoms with Crippen LogP contribution in [-0.4, -0.2) is 24.7 Å². The molecule has 1 fully saturated rings. The Morgan fingerprint density at radius 2 is 2.20 bits per heavy atom. The van der Waals surface area contributed by atoms with Crippen LogP contribution in [0.3, 0.4) is 0 Å². The van der Waals surface area contributed by atoms with Crippen LogP contribution >= 0.6 is 11.3 Å². The molecular weight excluding hydrogens is 268 g/mol. The van der Waals surface area contributed by atoms with Crippen molar-refractivity contribution in [2.75, 3.05) is 19.8 Å². The molecule has 1 atom stereocenters. The van der Waals surface area contributed by atoms with Crippen LogP contribution in [0.25, 0.3) is 0 Å². The summed E-state index contributed by atoms with van der Waals surface area (Å²) in [7, 11) is 0. The molecule has 0 amide bonds. The molecule has 0 bridgehead atoms. The fourth-order valence-corrected chi connectivity index (χ4v) is 3.93. The normalized spacial score (nSPS) is 20.3. The highest BCUT2D eigenvalue weighted by Crippen LogP contribution is 2.35. The second-order valence-corrected chi connectivity index (χ2v) is 7.78. The fourth-order valence-electron chi connectivity index (χ4n) is 2.56. The molecule has 3 nitrogen and oxygen atoms in total. The number of rotatable bonds is 5. The number of hydrogen-bond donors (Lipinski definition) is 1. The van der Waals surface area contributed by atoms with E-state index in [0.717, 1.165) is 26.3 Å². The molecular formula is C16H28N2OS. The first kappa shape index (κ1) is 15.9. The first-order valence-corrected chi connectivity index (χ1v) is 8.62. The molecule has 2 heterocycles. The summed E-state index contributed by atoms with van der Waals surface area (Å²) >= 11 is 1.89. The van der Waals surface area contributed by atoms with Crippen molar-refractivity contribution in [3.05, 3.63) is 15.6 Å². The first-order chi connectivity index (χ1) is 9.52.